The van der Waals surface area contributed by atoms with Crippen molar-refractivity contribution in [1.29, 1.82) is 0 Å². The lowest BCUT2D eigenvalue weighted by Gasteiger charge is -2.16. The van der Waals surface area contributed by atoms with Gasteiger partial charge in [0.25, 0.3) is 5.91 Å². The Morgan fingerprint density at radius 3 is 2.27 bits per heavy atom. The molecule has 12 heteroatoms. The molecule has 33 heavy (non-hydrogen) atoms. The van der Waals surface area contributed by atoms with Gasteiger partial charge in [0.05, 0.1) is 23.6 Å². The van der Waals surface area contributed by atoms with E-state index >= 15 is 0 Å². The number of aldehydes is 1. The molecule has 6 N–H and O–H groups in total. The summed E-state index contributed by atoms with van der Waals surface area (Å²) < 4.78 is 3.39. The highest BCUT2D eigenvalue weighted by molar-refractivity contribution is 5.96. The van der Waals surface area contributed by atoms with Gasteiger partial charge in [-0.25, -0.2) is 19.3 Å². The second-order valence-electron chi connectivity index (χ2n) is 7.05. The Kier molecular flexibility index (Phi) is 6.36. The van der Waals surface area contributed by atoms with E-state index in [1.54, 1.807) is 21.8 Å². The summed E-state index contributed by atoms with van der Waals surface area (Å²) in [7, 11) is 0. The van der Waals surface area contributed by atoms with Gasteiger partial charge in [0.1, 0.15) is 12.1 Å². The fourth-order valence-electron chi connectivity index (χ4n) is 3.18. The minimum Gasteiger partial charge on any atom is -0.364 e. The summed E-state index contributed by atoms with van der Waals surface area (Å²) in [4.78, 5) is 31.8. The third kappa shape index (κ3) is 5.02. The molecule has 12 nitrogen and oxygen atoms in total. The van der Waals surface area contributed by atoms with Crippen LogP contribution in [0.2, 0.25) is 0 Å². The van der Waals surface area contributed by atoms with Gasteiger partial charge in [0.15, 0.2) is 11.5 Å². The van der Waals surface area contributed by atoms with E-state index in [1.165, 1.54) is 6.20 Å². The van der Waals surface area contributed by atoms with Gasteiger partial charge in [-0.1, -0.05) is 0 Å². The van der Waals surface area contributed by atoms with Gasteiger partial charge in [0, 0.05) is 30.5 Å². The van der Waals surface area contributed by atoms with Gasteiger partial charge in [-0.3, -0.25) is 4.79 Å². The standard InChI is InChI=1S/C21H22N10O2/c22-4-3-14(13-32)27-18-12-24-19(20(23)33)21(29-18)28-15-9-16(30-7-1-5-25-30)11-17(10-15)31-8-2-6-26-31/h1-2,5-14H,3-4,22H2,(H2,23,33)(H2,27,28,29). The maximum Gasteiger partial charge on any atom is 0.271 e. The largest absolute Gasteiger partial charge is 0.364 e. The van der Waals surface area contributed by atoms with Crippen LogP contribution in [-0.4, -0.2) is 54.3 Å². The van der Waals surface area contributed by atoms with Gasteiger partial charge >= 0.3 is 0 Å². The van der Waals surface area contributed by atoms with Gasteiger partial charge in [-0.2, -0.15) is 10.2 Å². The fraction of sp³-hybridized carbons (Fsp3) is 0.143. The predicted octanol–water partition coefficient (Wildman–Crippen LogP) is 1.02. The quantitative estimate of drug-likeness (QED) is 0.259. The van der Waals surface area contributed by atoms with E-state index in [4.69, 9.17) is 11.5 Å². The molecule has 0 saturated heterocycles. The average Bonchev–Trinajstić information content (AvgIpc) is 3.53. The van der Waals surface area contributed by atoms with Crippen molar-refractivity contribution in [2.24, 2.45) is 11.5 Å². The first-order valence-electron chi connectivity index (χ1n) is 10.1. The van der Waals surface area contributed by atoms with E-state index in [2.05, 4.69) is 30.8 Å². The van der Waals surface area contributed by atoms with Gasteiger partial charge in [-0.15, -0.1) is 0 Å². The summed E-state index contributed by atoms with van der Waals surface area (Å²) in [5, 5.41) is 14.6. The third-order valence-corrected chi connectivity index (χ3v) is 4.68. The number of hydrogen-bond acceptors (Lipinski definition) is 9. The molecule has 0 bridgehead atoms. The number of nitrogens with one attached hydrogen (secondary N) is 2. The molecule has 4 rings (SSSR count). The topological polar surface area (TPSA) is 172 Å². The number of carbonyl (C=O) groups excluding carboxylic acids is 2. The van der Waals surface area contributed by atoms with Crippen molar-refractivity contribution in [2.75, 3.05) is 17.2 Å². The van der Waals surface area contributed by atoms with Crippen LogP contribution >= 0.6 is 0 Å². The van der Waals surface area contributed by atoms with Crippen LogP contribution in [0, 0.1) is 0 Å². The van der Waals surface area contributed by atoms with E-state index in [0.717, 1.165) is 17.7 Å². The summed E-state index contributed by atoms with van der Waals surface area (Å²) in [6, 6.07) is 8.65. The van der Waals surface area contributed by atoms with E-state index in [-0.39, 0.29) is 11.5 Å². The Morgan fingerprint density at radius 2 is 1.76 bits per heavy atom. The van der Waals surface area contributed by atoms with Crippen molar-refractivity contribution in [3.05, 3.63) is 67.0 Å². The van der Waals surface area contributed by atoms with Gasteiger partial charge < -0.3 is 26.9 Å². The molecule has 0 aliphatic carbocycles. The minimum atomic E-state index is -0.749. The Morgan fingerprint density at radius 1 is 1.09 bits per heavy atom. The lowest BCUT2D eigenvalue weighted by atomic mass is 10.2. The lowest BCUT2D eigenvalue weighted by molar-refractivity contribution is -0.108. The normalized spacial score (nSPS) is 11.7. The number of nitrogens with zero attached hydrogens (tertiary/aromatic N) is 6. The number of rotatable bonds is 10. The first-order chi connectivity index (χ1) is 16.1. The van der Waals surface area contributed by atoms with Crippen molar-refractivity contribution < 1.29 is 9.59 Å². The molecular weight excluding hydrogens is 424 g/mol. The highest BCUT2D eigenvalue weighted by Gasteiger charge is 2.16. The highest BCUT2D eigenvalue weighted by Crippen LogP contribution is 2.25. The minimum absolute atomic E-state index is 0.0489. The number of carbonyl (C=O) groups is 2. The number of benzene rings is 1. The molecule has 1 aromatic carbocycles. The predicted molar refractivity (Wildman–Crippen MR) is 122 cm³/mol. The molecule has 0 aliphatic rings. The first-order valence-corrected chi connectivity index (χ1v) is 10.1. The average molecular weight is 446 g/mol. The molecule has 3 heterocycles. The number of primary amides is 1. The van der Waals surface area contributed by atoms with Crippen LogP contribution in [0.25, 0.3) is 11.4 Å². The van der Waals surface area contributed by atoms with Crippen molar-refractivity contribution >= 4 is 29.5 Å². The summed E-state index contributed by atoms with van der Waals surface area (Å²) in [6.07, 6.45) is 9.46. The van der Waals surface area contributed by atoms with Crippen molar-refractivity contribution in [3.63, 3.8) is 0 Å². The molecule has 1 amide bonds. The number of hydrogen-bond donors (Lipinski definition) is 4. The van der Waals surface area contributed by atoms with Crippen LogP contribution in [0.3, 0.4) is 0 Å². The first kappa shape index (κ1) is 21.6. The summed E-state index contributed by atoms with van der Waals surface area (Å²) in [6.45, 7) is 0.324. The van der Waals surface area contributed by atoms with E-state index in [1.807, 2.05) is 42.7 Å². The molecule has 1 atom stereocenters. The Labute approximate surface area is 188 Å². The summed E-state index contributed by atoms with van der Waals surface area (Å²) in [5.41, 5.74) is 13.1. The molecule has 168 valence electrons. The molecule has 0 aliphatic heterocycles. The van der Waals surface area contributed by atoms with E-state index in [0.29, 0.717) is 24.5 Å². The Balaban J connectivity index is 1.73. The molecule has 1 unspecified atom stereocenters. The molecule has 0 saturated carbocycles. The smallest absolute Gasteiger partial charge is 0.271 e. The van der Waals surface area contributed by atoms with Crippen LogP contribution in [0.5, 0.6) is 0 Å². The fourth-order valence-corrected chi connectivity index (χ4v) is 3.18. The van der Waals surface area contributed by atoms with Crippen LogP contribution in [0.1, 0.15) is 16.9 Å². The van der Waals surface area contributed by atoms with Crippen molar-refractivity contribution in [3.8, 4) is 11.4 Å². The zero-order valence-electron chi connectivity index (χ0n) is 17.5. The summed E-state index contributed by atoms with van der Waals surface area (Å²) >= 11 is 0. The lowest BCUT2D eigenvalue weighted by Crippen LogP contribution is -2.25. The number of aromatic nitrogens is 6. The van der Waals surface area contributed by atoms with Crippen LogP contribution in [0.15, 0.2) is 61.3 Å². The van der Waals surface area contributed by atoms with Crippen LogP contribution in [-0.2, 0) is 4.79 Å². The van der Waals surface area contributed by atoms with E-state index in [9.17, 15) is 9.59 Å². The van der Waals surface area contributed by atoms with Crippen LogP contribution in [0.4, 0.5) is 17.3 Å². The maximum absolute atomic E-state index is 12.0. The van der Waals surface area contributed by atoms with Crippen molar-refractivity contribution in [2.45, 2.75) is 12.5 Å². The molecule has 0 radical (unpaired) electrons. The second-order valence-corrected chi connectivity index (χ2v) is 7.05. The molecule has 4 aromatic rings. The molecule has 0 fully saturated rings. The van der Waals surface area contributed by atoms with E-state index < -0.39 is 11.9 Å². The number of anilines is 3. The molecule has 3 aromatic heterocycles. The maximum atomic E-state index is 12.0. The SMILES string of the molecule is NCCC(C=O)Nc1cnc(C(N)=O)c(Nc2cc(-n3cccn3)cc(-n3cccn3)c2)n1. The molecular formula is C21H22N10O2. The second kappa shape index (κ2) is 9.70. The zero-order chi connectivity index (χ0) is 23.2. The van der Waals surface area contributed by atoms with Crippen LogP contribution < -0.4 is 22.1 Å². The van der Waals surface area contributed by atoms with Gasteiger partial charge in [0.2, 0.25) is 0 Å². The molecule has 0 spiro atoms. The van der Waals surface area contributed by atoms with Gasteiger partial charge in [-0.05, 0) is 43.3 Å². The highest BCUT2D eigenvalue weighted by atomic mass is 16.1. The zero-order valence-corrected chi connectivity index (χ0v) is 17.5. The Hall–Kier alpha value is -4.58. The monoisotopic (exact) mass is 446 g/mol. The Bertz CT molecular complexity index is 1190. The number of nitrogens with two attached hydrogens (primary N) is 2. The number of amides is 1. The third-order valence-electron chi connectivity index (χ3n) is 4.68. The van der Waals surface area contributed by atoms with Crippen molar-refractivity contribution in [1.82, 2.24) is 29.5 Å². The summed E-state index contributed by atoms with van der Waals surface area (Å²) in [5.74, 6) is -0.321.